The first kappa shape index (κ1) is 27.6. The maximum absolute atomic E-state index is 11.8. The van der Waals surface area contributed by atoms with E-state index in [1.807, 2.05) is 0 Å². The maximum Gasteiger partial charge on any atom is 0.508 e. The Hall–Kier alpha value is -1.46. The second-order valence-corrected chi connectivity index (χ2v) is 9.67. The van der Waals surface area contributed by atoms with Crippen molar-refractivity contribution in [3.63, 3.8) is 0 Å². The van der Waals surface area contributed by atoms with Crippen LogP contribution in [-0.2, 0) is 18.9 Å². The van der Waals surface area contributed by atoms with Crippen LogP contribution in [-0.4, -0.2) is 37.7 Å². The van der Waals surface area contributed by atoms with Gasteiger partial charge in [0, 0.05) is 0 Å². The standard InChI is InChI=1S/C25H46O6/c1-20(2)12-8-5-6-10-18-28-24(26)30-22-14-16-23(17-15-22)31-25(27)29-19-11-7-9-13-21(3)4/h20-23H,5-19H2,1-4H3. The van der Waals surface area contributed by atoms with E-state index in [1.54, 1.807) is 0 Å². The molecule has 6 heteroatoms. The molecule has 0 aromatic rings. The van der Waals surface area contributed by atoms with Crippen molar-refractivity contribution in [2.45, 2.75) is 123 Å². The van der Waals surface area contributed by atoms with E-state index in [2.05, 4.69) is 27.7 Å². The molecule has 0 saturated heterocycles. The average Bonchev–Trinajstić information content (AvgIpc) is 2.71. The number of carbonyl (C=O) groups is 2. The summed E-state index contributed by atoms with van der Waals surface area (Å²) in [7, 11) is 0. The topological polar surface area (TPSA) is 71.1 Å². The number of unbranched alkanes of at least 4 members (excludes halogenated alkanes) is 5. The molecule has 0 heterocycles. The fourth-order valence-electron chi connectivity index (χ4n) is 3.76. The van der Waals surface area contributed by atoms with Crippen molar-refractivity contribution in [3.8, 4) is 0 Å². The number of carbonyl (C=O) groups excluding carboxylic acids is 2. The van der Waals surface area contributed by atoms with Crippen LogP contribution in [0.5, 0.6) is 0 Å². The number of hydrogen-bond acceptors (Lipinski definition) is 6. The van der Waals surface area contributed by atoms with Gasteiger partial charge in [-0.3, -0.25) is 0 Å². The van der Waals surface area contributed by atoms with Crippen molar-refractivity contribution in [2.75, 3.05) is 13.2 Å². The summed E-state index contributed by atoms with van der Waals surface area (Å²) in [6.07, 6.45) is 11.2. The normalized spacial score (nSPS) is 18.8. The molecule has 1 rings (SSSR count). The third kappa shape index (κ3) is 15.9. The smallest absolute Gasteiger partial charge is 0.434 e. The van der Waals surface area contributed by atoms with Crippen molar-refractivity contribution >= 4 is 12.3 Å². The highest BCUT2D eigenvalue weighted by atomic mass is 16.7. The third-order valence-electron chi connectivity index (χ3n) is 5.69. The average molecular weight is 443 g/mol. The van der Waals surface area contributed by atoms with Gasteiger partial charge in [0.25, 0.3) is 0 Å². The zero-order chi connectivity index (χ0) is 22.9. The van der Waals surface area contributed by atoms with Crippen LogP contribution < -0.4 is 0 Å². The quantitative estimate of drug-likeness (QED) is 0.194. The van der Waals surface area contributed by atoms with Crippen LogP contribution in [0.25, 0.3) is 0 Å². The number of ether oxygens (including phenoxy) is 4. The van der Waals surface area contributed by atoms with Crippen LogP contribution in [0.1, 0.15) is 111 Å². The van der Waals surface area contributed by atoms with Gasteiger partial charge in [0.05, 0.1) is 13.2 Å². The van der Waals surface area contributed by atoms with E-state index in [9.17, 15) is 9.59 Å². The molecule has 1 aliphatic carbocycles. The minimum atomic E-state index is -0.582. The lowest BCUT2D eigenvalue weighted by molar-refractivity contribution is -0.0271. The third-order valence-corrected chi connectivity index (χ3v) is 5.69. The van der Waals surface area contributed by atoms with Gasteiger partial charge in [-0.25, -0.2) is 9.59 Å². The highest BCUT2D eigenvalue weighted by Crippen LogP contribution is 2.24. The van der Waals surface area contributed by atoms with Gasteiger partial charge >= 0.3 is 12.3 Å². The Morgan fingerprint density at radius 2 is 0.968 bits per heavy atom. The lowest BCUT2D eigenvalue weighted by Crippen LogP contribution is -2.30. The number of rotatable bonds is 15. The Balaban J connectivity index is 2.00. The van der Waals surface area contributed by atoms with Gasteiger partial charge in [-0.1, -0.05) is 72.6 Å². The monoisotopic (exact) mass is 442 g/mol. The first-order valence-corrected chi connectivity index (χ1v) is 12.5. The molecule has 0 radical (unpaired) electrons. The largest absolute Gasteiger partial charge is 0.508 e. The van der Waals surface area contributed by atoms with Crippen LogP contribution in [0.15, 0.2) is 0 Å². The van der Waals surface area contributed by atoms with Gasteiger partial charge in [0.15, 0.2) is 0 Å². The fraction of sp³-hybridized carbons (Fsp3) is 0.920. The summed E-state index contributed by atoms with van der Waals surface area (Å²) in [4.78, 5) is 23.6. The van der Waals surface area contributed by atoms with Gasteiger partial charge in [-0.2, -0.15) is 0 Å². The summed E-state index contributed by atoms with van der Waals surface area (Å²) in [5, 5.41) is 0. The molecule has 0 bridgehead atoms. The molecule has 0 spiro atoms. The van der Waals surface area contributed by atoms with Crippen LogP contribution in [0, 0.1) is 11.8 Å². The van der Waals surface area contributed by atoms with Crippen molar-refractivity contribution < 1.29 is 28.5 Å². The molecule has 1 saturated carbocycles. The first-order valence-electron chi connectivity index (χ1n) is 12.5. The van der Waals surface area contributed by atoms with Crippen molar-refractivity contribution in [3.05, 3.63) is 0 Å². The lowest BCUT2D eigenvalue weighted by atomic mass is 9.95. The Labute approximate surface area is 189 Å². The molecule has 1 aliphatic rings. The van der Waals surface area contributed by atoms with E-state index in [4.69, 9.17) is 18.9 Å². The Morgan fingerprint density at radius 3 is 1.35 bits per heavy atom. The minimum Gasteiger partial charge on any atom is -0.434 e. The summed E-state index contributed by atoms with van der Waals surface area (Å²) < 4.78 is 21.1. The second-order valence-electron chi connectivity index (χ2n) is 9.67. The van der Waals surface area contributed by atoms with Crippen molar-refractivity contribution in [1.82, 2.24) is 0 Å². The molecule has 0 aromatic carbocycles. The molecule has 0 N–H and O–H groups in total. The second kappa shape index (κ2) is 17.1. The fourth-order valence-corrected chi connectivity index (χ4v) is 3.76. The summed E-state index contributed by atoms with van der Waals surface area (Å²) in [5.41, 5.74) is 0. The highest BCUT2D eigenvalue weighted by molar-refractivity contribution is 5.60. The molecular formula is C25H46O6. The van der Waals surface area contributed by atoms with Gasteiger partial charge in [-0.05, 0) is 50.4 Å². The van der Waals surface area contributed by atoms with Crippen LogP contribution in [0.2, 0.25) is 0 Å². The van der Waals surface area contributed by atoms with E-state index in [1.165, 1.54) is 32.1 Å². The van der Waals surface area contributed by atoms with Gasteiger partial charge in [-0.15, -0.1) is 0 Å². The van der Waals surface area contributed by atoms with Crippen LogP contribution >= 0.6 is 0 Å². The SMILES string of the molecule is CC(C)CCCCCCOC(=O)OC1CCC(OC(=O)OCCCCCC(C)C)CC1. The molecule has 0 amide bonds. The molecule has 0 aliphatic heterocycles. The van der Waals surface area contributed by atoms with Gasteiger partial charge < -0.3 is 18.9 Å². The summed E-state index contributed by atoms with van der Waals surface area (Å²) in [5.74, 6) is 1.47. The van der Waals surface area contributed by atoms with Crippen molar-refractivity contribution in [1.29, 1.82) is 0 Å². The predicted octanol–water partition coefficient (Wildman–Crippen LogP) is 7.43. The zero-order valence-corrected chi connectivity index (χ0v) is 20.4. The molecule has 182 valence electrons. The highest BCUT2D eigenvalue weighted by Gasteiger charge is 2.27. The molecule has 31 heavy (non-hydrogen) atoms. The van der Waals surface area contributed by atoms with Gasteiger partial charge in [0.1, 0.15) is 12.2 Å². The Kier molecular flexibility index (Phi) is 15.2. The molecule has 0 unspecified atom stereocenters. The van der Waals surface area contributed by atoms with E-state index in [-0.39, 0.29) is 12.2 Å². The summed E-state index contributed by atoms with van der Waals surface area (Å²) in [6.45, 7) is 9.74. The van der Waals surface area contributed by atoms with E-state index in [0.717, 1.165) is 37.5 Å². The lowest BCUT2D eigenvalue weighted by Gasteiger charge is -2.27. The van der Waals surface area contributed by atoms with Crippen LogP contribution in [0.4, 0.5) is 9.59 Å². The summed E-state index contributed by atoms with van der Waals surface area (Å²) >= 11 is 0. The molecular weight excluding hydrogens is 396 g/mol. The molecule has 6 nitrogen and oxygen atoms in total. The molecule has 0 aromatic heterocycles. The van der Waals surface area contributed by atoms with Gasteiger partial charge in [0.2, 0.25) is 0 Å². The van der Waals surface area contributed by atoms with E-state index >= 15 is 0 Å². The van der Waals surface area contributed by atoms with Crippen LogP contribution in [0.3, 0.4) is 0 Å². The summed E-state index contributed by atoms with van der Waals surface area (Å²) in [6, 6.07) is 0. The number of hydrogen-bond donors (Lipinski definition) is 0. The first-order chi connectivity index (χ1) is 14.9. The Bertz CT molecular complexity index is 469. The van der Waals surface area contributed by atoms with E-state index in [0.29, 0.717) is 38.9 Å². The zero-order valence-electron chi connectivity index (χ0n) is 20.4. The minimum absolute atomic E-state index is 0.157. The van der Waals surface area contributed by atoms with Crippen molar-refractivity contribution in [2.24, 2.45) is 11.8 Å². The maximum atomic E-state index is 11.8. The molecule has 0 atom stereocenters. The van der Waals surface area contributed by atoms with E-state index < -0.39 is 12.3 Å². The molecule has 1 fully saturated rings. The Morgan fingerprint density at radius 1 is 0.613 bits per heavy atom. The predicted molar refractivity (Wildman–Crippen MR) is 122 cm³/mol.